The first-order valence-corrected chi connectivity index (χ1v) is 35.6. The molecule has 4 unspecified atom stereocenters. The summed E-state index contributed by atoms with van der Waals surface area (Å²) in [6, 6.07) is 1.20. The van der Waals surface area contributed by atoms with Crippen molar-refractivity contribution < 1.29 is 103 Å². The van der Waals surface area contributed by atoms with Gasteiger partial charge >= 0.3 is 48.4 Å². The van der Waals surface area contributed by atoms with Gasteiger partial charge in [-0.2, -0.15) is 15.0 Å². The Bertz CT molecular complexity index is 4880. The number of ether oxygens (including phenoxy) is 5. The standard InChI is InChI=1S/C49H63N17O29P4/c1-19-11-63(48(73)60-41(19)68)34-9-25(94-97(77,78)83-13-27-22(67)6-32(88-27)65-17-53-37-39(65)56-45(51)58-43(37)70)30(91-34)16-86-98(79,80)93-24-8-33(62-5-4-31(50)55-47(62)72)89-28(24)14-85-99(81,82)95-26-10-35(64-12-20(2)42(69)61-49(64)74)90-29(26)15-84-96(75,76)92-23-7-36(87-21(23)3)66-18-54-38-40(66)57-46(52)59-44(38)71/h4-5,11-12,17-18,21-30,32-36,67H,6-10,13-16H2,1-3H3,(H,75,76)(H,77,78)(H,79,80)(H,81,82)(H2,50,55,72)(H,60,68,73)(H,61,69,74)(H3,51,56,58,70)(H3,52,57,59,71)/t21-,22+,23+,24+,25+,26+,27-,28-,29-,30-,32-,33-,34-,35-,36-/m1/s1. The molecule has 5 aliphatic heterocycles. The van der Waals surface area contributed by atoms with E-state index in [2.05, 4.69) is 44.9 Å². The number of hydrogen-bond acceptors (Lipinski definition) is 33. The van der Waals surface area contributed by atoms with Crippen LogP contribution in [0.25, 0.3) is 22.3 Å². The van der Waals surface area contributed by atoms with Gasteiger partial charge in [0.15, 0.2) is 22.3 Å². The monoisotopic (exact) mass is 1480 g/mol. The smallest absolute Gasteiger partial charge is 0.390 e. The van der Waals surface area contributed by atoms with Crippen LogP contribution in [0.3, 0.4) is 0 Å². The highest BCUT2D eigenvalue weighted by atomic mass is 31.2. The summed E-state index contributed by atoms with van der Waals surface area (Å²) in [5.74, 6) is -0.679. The van der Waals surface area contributed by atoms with Gasteiger partial charge in [0.05, 0.1) is 57.4 Å². The number of hydrogen-bond donors (Lipinski definition) is 12. The van der Waals surface area contributed by atoms with Crippen LogP contribution in [0.2, 0.25) is 0 Å². The Hall–Kier alpha value is -7.46. The minimum absolute atomic E-state index is 0.00366. The Kier molecular flexibility index (Phi) is 20.1. The van der Waals surface area contributed by atoms with Crippen molar-refractivity contribution in [3.63, 3.8) is 0 Å². The third-order valence-corrected chi connectivity index (χ3v) is 20.4. The Morgan fingerprint density at radius 2 is 0.859 bits per heavy atom. The van der Waals surface area contributed by atoms with E-state index in [-0.39, 0.29) is 64.0 Å². The number of phosphoric ester groups is 4. The Morgan fingerprint density at radius 3 is 1.28 bits per heavy atom. The molecular formula is C49H63N17O29P4. The maximum Gasteiger partial charge on any atom is 0.472 e. The molecule has 99 heavy (non-hydrogen) atoms. The minimum Gasteiger partial charge on any atom is -0.390 e. The average molecular weight is 1480 g/mol. The van der Waals surface area contributed by atoms with Crippen LogP contribution in [-0.4, -0.2) is 180 Å². The van der Waals surface area contributed by atoms with Crippen LogP contribution in [0, 0.1) is 13.8 Å². The normalized spacial score (nSPS) is 29.7. The lowest BCUT2D eigenvalue weighted by molar-refractivity contribution is -0.0641. The number of nitrogen functional groups attached to an aromatic ring is 3. The van der Waals surface area contributed by atoms with Crippen molar-refractivity contribution in [2.24, 2.45) is 0 Å². The van der Waals surface area contributed by atoms with Gasteiger partial charge in [-0.1, -0.05) is 0 Å². The maximum atomic E-state index is 14.1. The molecule has 19 atom stereocenters. The molecule has 0 aliphatic carbocycles. The molecule has 46 nitrogen and oxygen atoms in total. The first kappa shape index (κ1) is 71.4. The fourth-order valence-electron chi connectivity index (χ4n) is 11.6. The predicted molar refractivity (Wildman–Crippen MR) is 327 cm³/mol. The molecule has 7 aromatic rings. The molecule has 0 amide bonds. The number of H-pyrrole nitrogens is 4. The largest absolute Gasteiger partial charge is 0.472 e. The van der Waals surface area contributed by atoms with E-state index in [1.807, 2.05) is 0 Å². The van der Waals surface area contributed by atoms with E-state index in [0.29, 0.717) is 0 Å². The summed E-state index contributed by atoms with van der Waals surface area (Å²) in [7, 11) is -21.5. The number of aromatic amines is 4. The number of imidazole rings is 2. The Morgan fingerprint density at radius 1 is 0.495 bits per heavy atom. The molecule has 50 heteroatoms. The minimum atomic E-state index is -5.53. The highest BCUT2D eigenvalue weighted by Crippen LogP contribution is 2.55. The summed E-state index contributed by atoms with van der Waals surface area (Å²) < 4.78 is 134. The molecule has 0 bridgehead atoms. The number of aromatic nitrogens is 14. The molecule has 7 aromatic heterocycles. The summed E-state index contributed by atoms with van der Waals surface area (Å²) in [5, 5.41) is 10.9. The summed E-state index contributed by atoms with van der Waals surface area (Å²) >= 11 is 0. The van der Waals surface area contributed by atoms with E-state index in [1.54, 1.807) is 0 Å². The van der Waals surface area contributed by atoms with Gasteiger partial charge in [-0.15, -0.1) is 0 Å². The maximum absolute atomic E-state index is 14.1. The number of aryl methyl sites for hydroxylation is 2. The lowest BCUT2D eigenvalue weighted by Crippen LogP contribution is -2.33. The van der Waals surface area contributed by atoms with Gasteiger partial charge in [0, 0.05) is 61.8 Å². The van der Waals surface area contributed by atoms with Crippen LogP contribution in [0.15, 0.2) is 70.9 Å². The number of anilines is 3. The zero-order valence-corrected chi connectivity index (χ0v) is 55.1. The van der Waals surface area contributed by atoms with Crippen molar-refractivity contribution in [3.8, 4) is 0 Å². The number of aliphatic hydroxyl groups excluding tert-OH is 1. The Balaban J connectivity index is 0.723. The number of nitrogens with zero attached hydrogens (tertiary/aromatic N) is 10. The highest BCUT2D eigenvalue weighted by molar-refractivity contribution is 7.48. The van der Waals surface area contributed by atoms with Crippen molar-refractivity contribution in [2.45, 2.75) is 145 Å². The summed E-state index contributed by atoms with van der Waals surface area (Å²) in [6.07, 6.45) is -17.2. The van der Waals surface area contributed by atoms with Crippen molar-refractivity contribution in [1.29, 1.82) is 0 Å². The molecule has 0 saturated carbocycles. The Labute approximate surface area is 550 Å². The molecule has 0 aromatic carbocycles. The van der Waals surface area contributed by atoms with E-state index < -0.39 is 208 Å². The number of nitrogens with two attached hydrogens (primary N) is 3. The fraction of sp³-hybridized carbons (Fsp3) is 0.551. The first-order chi connectivity index (χ1) is 46.6. The zero-order chi connectivity index (χ0) is 70.9. The van der Waals surface area contributed by atoms with Crippen LogP contribution >= 0.6 is 31.3 Å². The SMILES string of the molecule is Cc1cn([C@H]2C[C@H](OP(=O)(O)OC[C@H]3O[C@@H](n4ccc(N)nc4=O)C[C@@H]3OP(=O)(O)OC[C@H]3O[C@@H](n4cc(C)c(=O)[nH]c4=O)C[C@@H]3OP(=O)(O)OC[C@H]3O[C@@H](n4cnc5c(=O)[nH]c(N)nc54)C[C@@H]3O)[C@@H](COP(=O)(O)O[C@H]3C[C@H](n4cnc5c(=O)[nH]c(N)nc54)O[C@@H]3C)O2)c(=O)[nH]c1=O. The van der Waals surface area contributed by atoms with Gasteiger partial charge in [-0.3, -0.25) is 98.1 Å². The second-order valence-electron chi connectivity index (χ2n) is 23.2. The topological polar surface area (TPSA) is 639 Å². The third-order valence-electron chi connectivity index (χ3n) is 16.4. The summed E-state index contributed by atoms with van der Waals surface area (Å²) in [4.78, 5) is 162. The molecule has 5 saturated heterocycles. The van der Waals surface area contributed by atoms with Gasteiger partial charge < -0.3 is 65.6 Å². The van der Waals surface area contributed by atoms with Crippen LogP contribution < -0.4 is 56.5 Å². The second kappa shape index (κ2) is 27.8. The average Bonchev–Trinajstić information content (AvgIpc) is 1.65. The molecule has 0 radical (unpaired) electrons. The molecule has 5 aliphatic rings. The predicted octanol–water partition coefficient (Wildman–Crippen LogP) is -2.20. The molecule has 12 heterocycles. The van der Waals surface area contributed by atoms with Crippen LogP contribution in [0.1, 0.15) is 81.3 Å². The molecule has 15 N–H and O–H groups in total. The molecule has 5 fully saturated rings. The van der Waals surface area contributed by atoms with E-state index in [9.17, 15) is 76.5 Å². The van der Waals surface area contributed by atoms with Crippen LogP contribution in [0.5, 0.6) is 0 Å². The van der Waals surface area contributed by atoms with Gasteiger partial charge in [-0.05, 0) is 26.8 Å². The number of fused-ring (bicyclic) bond motifs is 2. The van der Waals surface area contributed by atoms with Crippen molar-refractivity contribution in [2.75, 3.05) is 43.6 Å². The lowest BCUT2D eigenvalue weighted by Gasteiger charge is -2.25. The first-order valence-electron chi connectivity index (χ1n) is 29.7. The van der Waals surface area contributed by atoms with E-state index in [1.165, 1.54) is 48.6 Å². The molecule has 12 rings (SSSR count). The quantitative estimate of drug-likeness (QED) is 0.0270. The number of phosphoric acid groups is 4. The number of nitrogens with one attached hydrogen (secondary N) is 4. The third kappa shape index (κ3) is 15.9. The fourth-order valence-corrected chi connectivity index (χ4v) is 15.4. The van der Waals surface area contributed by atoms with Gasteiger partial charge in [0.1, 0.15) is 79.7 Å². The van der Waals surface area contributed by atoms with Crippen molar-refractivity contribution >= 4 is 71.3 Å². The summed E-state index contributed by atoms with van der Waals surface area (Å²) in [6.45, 7) is 0.313. The second-order valence-corrected chi connectivity index (χ2v) is 28.9. The zero-order valence-electron chi connectivity index (χ0n) is 51.5. The lowest BCUT2D eigenvalue weighted by atomic mass is 10.2. The van der Waals surface area contributed by atoms with Gasteiger partial charge in [-0.25, -0.2) is 42.6 Å². The van der Waals surface area contributed by atoms with Gasteiger partial charge in [0.2, 0.25) is 11.9 Å². The van der Waals surface area contributed by atoms with Crippen LogP contribution in [-0.2, 0) is 78.1 Å². The van der Waals surface area contributed by atoms with Crippen molar-refractivity contribution in [1.82, 2.24) is 67.7 Å². The van der Waals surface area contributed by atoms with E-state index >= 15 is 0 Å². The number of rotatable bonds is 25. The van der Waals surface area contributed by atoms with E-state index in [4.69, 9.17) is 77.1 Å². The van der Waals surface area contributed by atoms with Crippen molar-refractivity contribution in [3.05, 3.63) is 121 Å². The number of aliphatic hydroxyl groups is 1. The highest BCUT2D eigenvalue weighted by Gasteiger charge is 2.50. The summed E-state index contributed by atoms with van der Waals surface area (Å²) in [5.41, 5.74) is 11.2. The van der Waals surface area contributed by atoms with E-state index in [0.717, 1.165) is 32.3 Å². The van der Waals surface area contributed by atoms with Gasteiger partial charge in [0.25, 0.3) is 22.2 Å². The molecule has 0 spiro atoms. The molecular weight excluding hydrogens is 1410 g/mol. The van der Waals surface area contributed by atoms with Crippen LogP contribution in [0.4, 0.5) is 17.7 Å². The molecule has 538 valence electrons.